The molecule has 1 aliphatic carbocycles. The van der Waals surface area contributed by atoms with E-state index in [-0.39, 0.29) is 22.8 Å². The Morgan fingerprint density at radius 2 is 1.77 bits per heavy atom. The van der Waals surface area contributed by atoms with Crippen molar-refractivity contribution in [1.29, 1.82) is 0 Å². The Balaban J connectivity index is 0.00000256. The molecule has 0 amide bonds. The van der Waals surface area contributed by atoms with E-state index in [0.717, 1.165) is 35.1 Å². The van der Waals surface area contributed by atoms with Crippen molar-refractivity contribution in [3.05, 3.63) is 65.2 Å². The fourth-order valence-electron chi connectivity index (χ4n) is 4.35. The number of carbonyl (C=O) groups is 1. The molecule has 4 rings (SSSR count). The first kappa shape index (κ1) is 23.1. The zero-order valence-electron chi connectivity index (χ0n) is 17.7. The maximum atomic E-state index is 13.2. The largest absolute Gasteiger partial charge is 0.313 e. The fourth-order valence-corrected chi connectivity index (χ4v) is 5.30. The highest BCUT2D eigenvalue weighted by atomic mass is 79.9. The number of benzene rings is 2. The first-order valence-corrected chi connectivity index (χ1v) is 11.8. The predicted molar refractivity (Wildman–Crippen MR) is 135 cm³/mol. The summed E-state index contributed by atoms with van der Waals surface area (Å²) in [6.45, 7) is 3.27. The lowest BCUT2D eigenvalue weighted by Gasteiger charge is -2.28. The van der Waals surface area contributed by atoms with E-state index < -0.39 is 0 Å². The van der Waals surface area contributed by atoms with Gasteiger partial charge in [-0.25, -0.2) is 0 Å². The van der Waals surface area contributed by atoms with Crippen LogP contribution in [0.1, 0.15) is 65.9 Å². The van der Waals surface area contributed by atoms with E-state index in [1.165, 1.54) is 43.2 Å². The first-order chi connectivity index (χ1) is 14.2. The van der Waals surface area contributed by atoms with Crippen molar-refractivity contribution in [3.8, 4) is 0 Å². The van der Waals surface area contributed by atoms with Crippen LogP contribution in [0.2, 0.25) is 0 Å². The summed E-state index contributed by atoms with van der Waals surface area (Å²) in [6, 6.07) is 16.7. The molecule has 1 heterocycles. The van der Waals surface area contributed by atoms with E-state index in [1.807, 2.05) is 24.3 Å². The van der Waals surface area contributed by atoms with Crippen LogP contribution in [-0.4, -0.2) is 29.8 Å². The van der Waals surface area contributed by atoms with E-state index >= 15 is 0 Å². The monoisotopic (exact) mass is 486 g/mol. The topological polar surface area (TPSA) is 32.7 Å². The molecule has 0 saturated heterocycles. The van der Waals surface area contributed by atoms with E-state index in [9.17, 15) is 4.79 Å². The van der Waals surface area contributed by atoms with Gasteiger partial charge in [0.1, 0.15) is 0 Å². The van der Waals surface area contributed by atoms with E-state index in [1.54, 1.807) is 11.8 Å². The average Bonchev–Trinajstić information content (AvgIpc) is 2.79. The number of halogens is 1. The summed E-state index contributed by atoms with van der Waals surface area (Å²) >= 11 is 1.76. The minimum absolute atomic E-state index is 0. The van der Waals surface area contributed by atoms with Gasteiger partial charge in [-0.05, 0) is 49.3 Å². The number of aliphatic imine (C=N–C) groups is 1. The van der Waals surface area contributed by atoms with E-state index in [0.29, 0.717) is 12.5 Å². The van der Waals surface area contributed by atoms with Crippen LogP contribution in [0.4, 0.5) is 5.69 Å². The Hall–Kier alpha value is -1.59. The van der Waals surface area contributed by atoms with Crippen LogP contribution in [0.3, 0.4) is 0 Å². The molecule has 2 aliphatic rings. The van der Waals surface area contributed by atoms with Crippen molar-refractivity contribution >= 4 is 45.4 Å². The Morgan fingerprint density at radius 1 is 1.03 bits per heavy atom. The van der Waals surface area contributed by atoms with Crippen LogP contribution in [0.15, 0.2) is 53.5 Å². The van der Waals surface area contributed by atoms with Gasteiger partial charge < -0.3 is 4.90 Å². The van der Waals surface area contributed by atoms with Gasteiger partial charge in [0.2, 0.25) is 0 Å². The zero-order chi connectivity index (χ0) is 20.1. The molecule has 0 spiro atoms. The number of carbonyl (C=O) groups excluding carboxylic acids is 1. The lowest BCUT2D eigenvalue weighted by atomic mass is 9.84. The molecule has 5 heteroatoms. The number of aryl methyl sites for hydroxylation is 1. The maximum absolute atomic E-state index is 13.2. The summed E-state index contributed by atoms with van der Waals surface area (Å²) in [6.07, 6.45) is 7.69. The van der Waals surface area contributed by atoms with Crippen molar-refractivity contribution in [2.45, 2.75) is 51.4 Å². The molecule has 160 valence electrons. The quantitative estimate of drug-likeness (QED) is 0.435. The second-order valence-electron chi connectivity index (χ2n) is 8.12. The molecule has 3 nitrogen and oxygen atoms in total. The number of ketones is 1. The summed E-state index contributed by atoms with van der Waals surface area (Å²) in [7, 11) is 0. The minimum atomic E-state index is 0. The Morgan fingerprint density at radius 3 is 2.43 bits per heavy atom. The highest BCUT2D eigenvalue weighted by Gasteiger charge is 2.22. The molecule has 0 radical (unpaired) electrons. The number of thioether (sulfide) groups is 1. The summed E-state index contributed by atoms with van der Waals surface area (Å²) in [4.78, 5) is 20.0. The molecule has 0 bridgehead atoms. The number of hydrogen-bond acceptors (Lipinski definition) is 4. The Kier molecular flexibility index (Phi) is 8.58. The van der Waals surface area contributed by atoms with Gasteiger partial charge in [-0.1, -0.05) is 73.5 Å². The van der Waals surface area contributed by atoms with Gasteiger partial charge in [-0.2, -0.15) is 0 Å². The number of rotatable bonds is 5. The van der Waals surface area contributed by atoms with Crippen LogP contribution < -0.4 is 4.90 Å². The van der Waals surface area contributed by atoms with Gasteiger partial charge in [0.05, 0.1) is 6.54 Å². The lowest BCUT2D eigenvalue weighted by molar-refractivity contribution is 0.100. The molecule has 0 atom stereocenters. The molecule has 2 aromatic rings. The predicted octanol–water partition coefficient (Wildman–Crippen LogP) is 6.80. The highest BCUT2D eigenvalue weighted by molar-refractivity contribution is 8.93. The van der Waals surface area contributed by atoms with Crippen LogP contribution in [0.5, 0.6) is 0 Å². The number of amidine groups is 1. The number of nitrogens with zero attached hydrogens (tertiary/aromatic N) is 2. The zero-order valence-corrected chi connectivity index (χ0v) is 20.2. The molecule has 0 N–H and O–H groups in total. The third-order valence-corrected chi connectivity index (χ3v) is 7.13. The maximum Gasteiger partial charge on any atom is 0.182 e. The lowest BCUT2D eigenvalue weighted by Crippen LogP contribution is -2.36. The molecular formula is C25H31BrN2OS. The molecule has 30 heavy (non-hydrogen) atoms. The van der Waals surface area contributed by atoms with Crippen molar-refractivity contribution < 1.29 is 4.79 Å². The van der Waals surface area contributed by atoms with Gasteiger partial charge in [-0.15, -0.1) is 17.0 Å². The second kappa shape index (κ2) is 11.1. The number of para-hydroxylation sites is 1. The number of hydrogen-bond donors (Lipinski definition) is 0. The molecule has 0 unspecified atom stereocenters. The second-order valence-corrected chi connectivity index (χ2v) is 9.18. The Labute approximate surface area is 195 Å². The highest BCUT2D eigenvalue weighted by Crippen LogP contribution is 2.33. The van der Waals surface area contributed by atoms with Crippen LogP contribution in [0, 0.1) is 6.92 Å². The van der Waals surface area contributed by atoms with Gasteiger partial charge in [-0.3, -0.25) is 9.79 Å². The SMILES string of the molecule is Br.Cc1ccccc1N(CC(=O)c1ccc(C2CCCCC2)cc1)C1=NCCCS1. The van der Waals surface area contributed by atoms with Crippen LogP contribution >= 0.6 is 28.7 Å². The third-order valence-electron chi connectivity index (χ3n) is 6.03. The average molecular weight is 488 g/mol. The van der Waals surface area contributed by atoms with Crippen LogP contribution in [0.25, 0.3) is 0 Å². The van der Waals surface area contributed by atoms with E-state index in [4.69, 9.17) is 4.99 Å². The smallest absolute Gasteiger partial charge is 0.182 e. The summed E-state index contributed by atoms with van der Waals surface area (Å²) in [5.74, 6) is 1.88. The van der Waals surface area contributed by atoms with Crippen LogP contribution in [-0.2, 0) is 0 Å². The summed E-state index contributed by atoms with van der Waals surface area (Å²) in [5, 5.41) is 0.970. The summed E-state index contributed by atoms with van der Waals surface area (Å²) in [5.41, 5.74) is 4.43. The Bertz CT molecular complexity index is 875. The van der Waals surface area contributed by atoms with Gasteiger partial charge in [0, 0.05) is 23.5 Å². The molecule has 2 aromatic carbocycles. The third kappa shape index (κ3) is 5.55. The number of anilines is 1. The van der Waals surface area contributed by atoms with Crippen molar-refractivity contribution in [3.63, 3.8) is 0 Å². The molecule has 1 aliphatic heterocycles. The first-order valence-electron chi connectivity index (χ1n) is 10.9. The van der Waals surface area contributed by atoms with Crippen molar-refractivity contribution in [1.82, 2.24) is 0 Å². The van der Waals surface area contributed by atoms with Crippen molar-refractivity contribution in [2.24, 2.45) is 4.99 Å². The molecule has 0 aromatic heterocycles. The minimum Gasteiger partial charge on any atom is -0.313 e. The summed E-state index contributed by atoms with van der Waals surface area (Å²) < 4.78 is 0. The van der Waals surface area contributed by atoms with Gasteiger partial charge in [0.25, 0.3) is 0 Å². The molecule has 1 saturated carbocycles. The molecule has 1 fully saturated rings. The van der Waals surface area contributed by atoms with Crippen molar-refractivity contribution in [2.75, 3.05) is 23.7 Å². The standard InChI is InChI=1S/C25H30N2OS.BrH/c1-19-8-5-6-11-23(19)27(25-26-16-7-17-29-25)18-24(28)22-14-12-21(13-15-22)20-9-3-2-4-10-20;/h5-6,8,11-15,20H,2-4,7,9-10,16-18H2,1H3;1H. The molecular weight excluding hydrogens is 456 g/mol. The fraction of sp³-hybridized carbons (Fsp3) is 0.440. The van der Waals surface area contributed by atoms with Gasteiger partial charge >= 0.3 is 0 Å². The number of Topliss-reactive ketones (excluding diaryl/α,β-unsaturated/α-hetero) is 1. The van der Waals surface area contributed by atoms with E-state index in [2.05, 4.69) is 36.1 Å². The van der Waals surface area contributed by atoms with Gasteiger partial charge in [0.15, 0.2) is 11.0 Å². The normalized spacial score (nSPS) is 17.0.